The number of carbonyl (C=O) groups is 1. The van der Waals surface area contributed by atoms with Crippen molar-refractivity contribution in [2.75, 3.05) is 19.6 Å². The van der Waals surface area contributed by atoms with Gasteiger partial charge >= 0.3 is 5.97 Å². The van der Waals surface area contributed by atoms with E-state index in [1.807, 2.05) is 0 Å². The Balaban J connectivity index is 2.55. The SMILES string of the molecule is [B]CCCCC(N)(C(=O)O)C1CCN(CCC)CC1. The Morgan fingerprint density at radius 2 is 2.05 bits per heavy atom. The molecule has 3 N–H and O–H groups in total. The van der Waals surface area contributed by atoms with Crippen molar-refractivity contribution in [1.82, 2.24) is 4.90 Å². The van der Waals surface area contributed by atoms with Gasteiger partial charge in [0.1, 0.15) is 5.54 Å². The second-order valence-corrected chi connectivity index (χ2v) is 5.71. The summed E-state index contributed by atoms with van der Waals surface area (Å²) in [6, 6.07) is 0. The number of likely N-dealkylation sites (tertiary alicyclic amines) is 1. The summed E-state index contributed by atoms with van der Waals surface area (Å²) >= 11 is 0. The smallest absolute Gasteiger partial charge is 0.323 e. The van der Waals surface area contributed by atoms with Crippen LogP contribution in [0.15, 0.2) is 0 Å². The summed E-state index contributed by atoms with van der Waals surface area (Å²) < 4.78 is 0. The van der Waals surface area contributed by atoms with Crippen LogP contribution in [-0.4, -0.2) is 49.0 Å². The topological polar surface area (TPSA) is 66.6 Å². The molecule has 1 aliphatic heterocycles. The second-order valence-electron chi connectivity index (χ2n) is 5.71. The maximum absolute atomic E-state index is 11.6. The minimum Gasteiger partial charge on any atom is -0.480 e. The average Bonchev–Trinajstić information content (AvgIpc) is 2.40. The third-order valence-corrected chi connectivity index (χ3v) is 4.30. The van der Waals surface area contributed by atoms with Gasteiger partial charge in [-0.1, -0.05) is 26.1 Å². The van der Waals surface area contributed by atoms with Crippen LogP contribution in [0, 0.1) is 5.92 Å². The zero-order valence-corrected chi connectivity index (χ0v) is 12.1. The predicted octanol–water partition coefficient (Wildman–Crippen LogP) is 1.65. The normalized spacial score (nSPS) is 21.2. The van der Waals surface area contributed by atoms with Crippen LogP contribution in [0.5, 0.6) is 0 Å². The van der Waals surface area contributed by atoms with E-state index in [0.717, 1.165) is 51.7 Å². The molecule has 0 bridgehead atoms. The Hall–Kier alpha value is -0.545. The number of piperidine rings is 1. The van der Waals surface area contributed by atoms with Crippen LogP contribution in [0.1, 0.15) is 45.4 Å². The monoisotopic (exact) mass is 266 g/mol. The molecule has 1 unspecified atom stereocenters. The molecule has 1 heterocycles. The van der Waals surface area contributed by atoms with Crippen LogP contribution >= 0.6 is 0 Å². The summed E-state index contributed by atoms with van der Waals surface area (Å²) in [7, 11) is 5.47. The van der Waals surface area contributed by atoms with Crippen molar-refractivity contribution in [3.63, 3.8) is 0 Å². The van der Waals surface area contributed by atoms with Crippen molar-refractivity contribution in [3.05, 3.63) is 0 Å². The summed E-state index contributed by atoms with van der Waals surface area (Å²) in [6.45, 7) is 5.22. The number of carboxylic acids is 1. The summed E-state index contributed by atoms with van der Waals surface area (Å²) in [5.41, 5.74) is 5.15. The molecule has 108 valence electrons. The van der Waals surface area contributed by atoms with E-state index < -0.39 is 11.5 Å². The maximum atomic E-state index is 11.6. The highest BCUT2D eigenvalue weighted by Gasteiger charge is 2.42. The molecule has 1 rings (SSSR count). The molecule has 0 aromatic carbocycles. The zero-order valence-electron chi connectivity index (χ0n) is 12.1. The Labute approximate surface area is 118 Å². The van der Waals surface area contributed by atoms with E-state index in [1.165, 1.54) is 0 Å². The number of hydrogen-bond donors (Lipinski definition) is 2. The van der Waals surface area contributed by atoms with Gasteiger partial charge in [-0.2, -0.15) is 0 Å². The highest BCUT2D eigenvalue weighted by atomic mass is 16.4. The van der Waals surface area contributed by atoms with Crippen LogP contribution in [0.3, 0.4) is 0 Å². The number of unbranched alkanes of at least 4 members (excludes halogenated alkanes) is 1. The van der Waals surface area contributed by atoms with Gasteiger partial charge in [-0.05, 0) is 51.2 Å². The molecular formula is C14H27BN2O2. The Morgan fingerprint density at radius 1 is 1.42 bits per heavy atom. The first-order valence-corrected chi connectivity index (χ1v) is 7.49. The van der Waals surface area contributed by atoms with Gasteiger partial charge in [0.15, 0.2) is 0 Å². The molecule has 19 heavy (non-hydrogen) atoms. The van der Waals surface area contributed by atoms with Crippen molar-refractivity contribution < 1.29 is 9.90 Å². The number of rotatable bonds is 8. The molecular weight excluding hydrogens is 239 g/mol. The molecule has 0 saturated carbocycles. The van der Waals surface area contributed by atoms with Crippen LogP contribution in [-0.2, 0) is 4.79 Å². The molecule has 4 nitrogen and oxygen atoms in total. The van der Waals surface area contributed by atoms with E-state index in [-0.39, 0.29) is 5.92 Å². The highest BCUT2D eigenvalue weighted by molar-refractivity contribution is 6.08. The van der Waals surface area contributed by atoms with Gasteiger partial charge in [0, 0.05) is 0 Å². The van der Waals surface area contributed by atoms with Crippen molar-refractivity contribution in [3.8, 4) is 0 Å². The number of aliphatic carboxylic acids is 1. The zero-order chi connectivity index (χ0) is 14.3. The first-order chi connectivity index (χ1) is 9.04. The lowest BCUT2D eigenvalue weighted by molar-refractivity contribution is -0.147. The molecule has 5 heteroatoms. The van der Waals surface area contributed by atoms with Crippen molar-refractivity contribution in [2.45, 2.75) is 57.3 Å². The summed E-state index contributed by atoms with van der Waals surface area (Å²) in [6.07, 6.45) is 5.72. The fourth-order valence-electron chi connectivity index (χ4n) is 3.04. The van der Waals surface area contributed by atoms with E-state index in [0.29, 0.717) is 12.7 Å². The molecule has 0 aromatic heterocycles. The van der Waals surface area contributed by atoms with Crippen LogP contribution in [0.4, 0.5) is 0 Å². The summed E-state index contributed by atoms with van der Waals surface area (Å²) in [5.74, 6) is -0.755. The van der Waals surface area contributed by atoms with Gasteiger partial charge < -0.3 is 15.7 Å². The fraction of sp³-hybridized carbons (Fsp3) is 0.929. The number of nitrogens with two attached hydrogens (primary N) is 1. The number of nitrogens with zero attached hydrogens (tertiary/aromatic N) is 1. The molecule has 1 aliphatic rings. The van der Waals surface area contributed by atoms with E-state index >= 15 is 0 Å². The quantitative estimate of drug-likeness (QED) is 0.518. The van der Waals surface area contributed by atoms with Gasteiger partial charge in [-0.15, -0.1) is 0 Å². The van der Waals surface area contributed by atoms with Gasteiger partial charge in [0.25, 0.3) is 0 Å². The van der Waals surface area contributed by atoms with E-state index in [2.05, 4.69) is 11.8 Å². The summed E-state index contributed by atoms with van der Waals surface area (Å²) in [4.78, 5) is 14.0. The average molecular weight is 266 g/mol. The third kappa shape index (κ3) is 4.50. The lowest BCUT2D eigenvalue weighted by Gasteiger charge is -2.40. The molecule has 1 fully saturated rings. The number of hydrogen-bond acceptors (Lipinski definition) is 3. The maximum Gasteiger partial charge on any atom is 0.323 e. The predicted molar refractivity (Wildman–Crippen MR) is 78.4 cm³/mol. The van der Waals surface area contributed by atoms with E-state index in [9.17, 15) is 9.90 Å². The first-order valence-electron chi connectivity index (χ1n) is 7.49. The number of carboxylic acid groups (broad SMARTS) is 1. The largest absolute Gasteiger partial charge is 0.480 e. The Bertz CT molecular complexity index is 281. The second kappa shape index (κ2) is 7.90. The van der Waals surface area contributed by atoms with Crippen molar-refractivity contribution in [1.29, 1.82) is 0 Å². The van der Waals surface area contributed by atoms with Gasteiger partial charge in [-0.3, -0.25) is 4.79 Å². The van der Waals surface area contributed by atoms with E-state index in [4.69, 9.17) is 13.6 Å². The minimum atomic E-state index is -1.06. The fourth-order valence-corrected chi connectivity index (χ4v) is 3.04. The molecule has 0 spiro atoms. The van der Waals surface area contributed by atoms with Crippen LogP contribution < -0.4 is 5.73 Å². The standard InChI is InChI=1S/C14H27BN2O2/c1-2-9-17-10-5-12(6-11-17)14(16,13(18)19)7-3-4-8-15/h12H,2-11,16H2,1H3,(H,18,19). The molecule has 0 aliphatic carbocycles. The highest BCUT2D eigenvalue weighted by Crippen LogP contribution is 2.31. The molecule has 1 atom stereocenters. The van der Waals surface area contributed by atoms with Crippen LogP contribution in [0.2, 0.25) is 6.32 Å². The van der Waals surface area contributed by atoms with Crippen LogP contribution in [0.25, 0.3) is 0 Å². The lowest BCUT2D eigenvalue weighted by atomic mass is 9.75. The molecule has 0 amide bonds. The van der Waals surface area contributed by atoms with Gasteiger partial charge in [0.05, 0.1) is 7.85 Å². The molecule has 1 saturated heterocycles. The lowest BCUT2D eigenvalue weighted by Crippen LogP contribution is -2.56. The molecule has 2 radical (unpaired) electrons. The van der Waals surface area contributed by atoms with Gasteiger partial charge in [0.2, 0.25) is 0 Å². The van der Waals surface area contributed by atoms with Crippen molar-refractivity contribution in [2.24, 2.45) is 11.7 Å². The van der Waals surface area contributed by atoms with Gasteiger partial charge in [-0.25, -0.2) is 0 Å². The third-order valence-electron chi connectivity index (χ3n) is 4.30. The summed E-state index contributed by atoms with van der Waals surface area (Å²) in [5, 5.41) is 9.48. The minimum absolute atomic E-state index is 0.0934. The van der Waals surface area contributed by atoms with E-state index in [1.54, 1.807) is 0 Å². The Kier molecular flexibility index (Phi) is 6.87. The first kappa shape index (κ1) is 16.5. The molecule has 0 aromatic rings. The van der Waals surface area contributed by atoms with Crippen molar-refractivity contribution >= 4 is 13.8 Å². The Morgan fingerprint density at radius 3 is 2.53 bits per heavy atom.